The Morgan fingerprint density at radius 2 is 1.64 bits per heavy atom. The van der Waals surface area contributed by atoms with Crippen molar-refractivity contribution in [3.05, 3.63) is 70.5 Å². The summed E-state index contributed by atoms with van der Waals surface area (Å²) < 4.78 is 38.6. The average Bonchev–Trinajstić information content (AvgIpc) is 2.60. The third-order valence-corrected chi connectivity index (χ3v) is 3.87. The number of alkyl halides is 3. The van der Waals surface area contributed by atoms with Crippen LogP contribution in [0.3, 0.4) is 0 Å². The van der Waals surface area contributed by atoms with Gasteiger partial charge in [0.2, 0.25) is 0 Å². The van der Waals surface area contributed by atoms with Crippen LogP contribution in [-0.4, -0.2) is 15.0 Å². The monoisotopic (exact) mass is 341 g/mol. The summed E-state index contributed by atoms with van der Waals surface area (Å²) in [7, 11) is 0. The first-order chi connectivity index (χ1) is 11.9. The normalized spacial score (nSPS) is 12.0. The predicted octanol–water partition coefficient (Wildman–Crippen LogP) is 4.16. The van der Waals surface area contributed by atoms with Crippen LogP contribution >= 0.6 is 0 Å². The Bertz CT molecular complexity index is 1170. The molecule has 0 saturated carbocycles. The highest BCUT2D eigenvalue weighted by Crippen LogP contribution is 2.31. The minimum atomic E-state index is -4.44. The molecule has 2 heterocycles. The first-order valence-corrected chi connectivity index (χ1v) is 7.39. The van der Waals surface area contributed by atoms with Gasteiger partial charge >= 0.3 is 6.18 Å². The van der Waals surface area contributed by atoms with E-state index in [-0.39, 0.29) is 16.9 Å². The molecule has 0 aliphatic carbocycles. The van der Waals surface area contributed by atoms with Crippen LogP contribution in [0.15, 0.2) is 59.4 Å². The van der Waals surface area contributed by atoms with Gasteiger partial charge in [-0.25, -0.2) is 9.97 Å². The topological polar surface area (TPSA) is 58.6 Å². The molecule has 0 radical (unpaired) electrons. The Kier molecular flexibility index (Phi) is 3.31. The van der Waals surface area contributed by atoms with Crippen LogP contribution in [0.4, 0.5) is 13.2 Å². The number of hydrogen-bond acceptors (Lipinski definition) is 3. The number of benzene rings is 2. The summed E-state index contributed by atoms with van der Waals surface area (Å²) in [6, 6.07) is 13.4. The lowest BCUT2D eigenvalue weighted by molar-refractivity contribution is -0.137. The number of halogens is 3. The molecule has 4 rings (SSSR count). The second-order valence-corrected chi connectivity index (χ2v) is 5.53. The molecule has 7 heteroatoms. The third-order valence-electron chi connectivity index (χ3n) is 3.87. The van der Waals surface area contributed by atoms with Crippen LogP contribution < -0.4 is 5.56 Å². The Morgan fingerprint density at radius 1 is 0.880 bits per heavy atom. The smallest absolute Gasteiger partial charge is 0.305 e. The van der Waals surface area contributed by atoms with Crippen LogP contribution in [0.2, 0.25) is 0 Å². The second-order valence-electron chi connectivity index (χ2n) is 5.53. The highest BCUT2D eigenvalue weighted by Gasteiger charge is 2.30. The quantitative estimate of drug-likeness (QED) is 0.566. The van der Waals surface area contributed by atoms with Crippen LogP contribution in [0, 0.1) is 0 Å². The number of nitrogens with zero attached hydrogens (tertiary/aromatic N) is 2. The summed E-state index contributed by atoms with van der Waals surface area (Å²) in [5, 5.41) is 1.01. The van der Waals surface area contributed by atoms with Gasteiger partial charge in [0.05, 0.1) is 22.0 Å². The van der Waals surface area contributed by atoms with Gasteiger partial charge in [0.25, 0.3) is 5.56 Å². The fourth-order valence-corrected chi connectivity index (χ4v) is 2.63. The summed E-state index contributed by atoms with van der Waals surface area (Å²) >= 11 is 0. The van der Waals surface area contributed by atoms with E-state index in [0.29, 0.717) is 22.0 Å². The average molecular weight is 341 g/mol. The summed E-state index contributed by atoms with van der Waals surface area (Å²) in [5.41, 5.74) is -0.124. The maximum absolute atomic E-state index is 12.9. The molecular formula is C18H10F3N3O. The number of rotatable bonds is 1. The molecule has 0 aliphatic rings. The summed E-state index contributed by atoms with van der Waals surface area (Å²) in [6.45, 7) is 0. The molecule has 0 amide bonds. The molecule has 0 saturated heterocycles. The number of aromatic nitrogens is 3. The molecule has 0 unspecified atom stereocenters. The van der Waals surface area contributed by atoms with Gasteiger partial charge in [-0.1, -0.05) is 24.3 Å². The molecular weight excluding hydrogens is 331 g/mol. The van der Waals surface area contributed by atoms with Gasteiger partial charge in [-0.15, -0.1) is 0 Å². The van der Waals surface area contributed by atoms with E-state index >= 15 is 0 Å². The van der Waals surface area contributed by atoms with E-state index in [4.69, 9.17) is 0 Å². The molecule has 25 heavy (non-hydrogen) atoms. The third kappa shape index (κ3) is 2.73. The number of para-hydroxylation sites is 1. The largest absolute Gasteiger partial charge is 0.416 e. The Labute approximate surface area is 139 Å². The molecule has 4 nitrogen and oxygen atoms in total. The van der Waals surface area contributed by atoms with Gasteiger partial charge in [-0.05, 0) is 30.3 Å². The number of H-pyrrole nitrogens is 1. The van der Waals surface area contributed by atoms with E-state index in [1.54, 1.807) is 36.4 Å². The number of hydrogen-bond donors (Lipinski definition) is 1. The van der Waals surface area contributed by atoms with Crippen LogP contribution in [0.1, 0.15) is 5.56 Å². The van der Waals surface area contributed by atoms with Crippen molar-refractivity contribution in [1.82, 2.24) is 15.0 Å². The molecule has 4 aromatic rings. The fourth-order valence-electron chi connectivity index (χ4n) is 2.63. The molecule has 1 N–H and O–H groups in total. The fraction of sp³-hybridized carbons (Fsp3) is 0.0556. The van der Waals surface area contributed by atoms with Crippen molar-refractivity contribution in [2.75, 3.05) is 0 Å². The van der Waals surface area contributed by atoms with E-state index in [2.05, 4.69) is 15.0 Å². The first kappa shape index (κ1) is 15.3. The van der Waals surface area contributed by atoms with E-state index in [0.717, 1.165) is 12.1 Å². The summed E-state index contributed by atoms with van der Waals surface area (Å²) in [4.78, 5) is 23.4. The lowest BCUT2D eigenvalue weighted by Gasteiger charge is -2.08. The molecule has 0 aliphatic heterocycles. The van der Waals surface area contributed by atoms with Crippen molar-refractivity contribution in [3.63, 3.8) is 0 Å². The maximum Gasteiger partial charge on any atom is 0.416 e. The van der Waals surface area contributed by atoms with Gasteiger partial charge in [-0.3, -0.25) is 4.79 Å². The Balaban J connectivity index is 1.90. The van der Waals surface area contributed by atoms with Crippen molar-refractivity contribution >= 4 is 21.8 Å². The number of aromatic amines is 1. The lowest BCUT2D eigenvalue weighted by atomic mass is 10.1. The molecule has 0 fully saturated rings. The number of fused-ring (bicyclic) bond motifs is 2. The van der Waals surface area contributed by atoms with E-state index in [1.807, 2.05) is 0 Å². The van der Waals surface area contributed by atoms with Gasteiger partial charge in [0.15, 0.2) is 5.82 Å². The van der Waals surface area contributed by atoms with E-state index in [9.17, 15) is 18.0 Å². The van der Waals surface area contributed by atoms with Crippen molar-refractivity contribution in [2.45, 2.75) is 6.18 Å². The van der Waals surface area contributed by atoms with Crippen LogP contribution in [-0.2, 0) is 6.18 Å². The zero-order valence-electron chi connectivity index (χ0n) is 12.6. The van der Waals surface area contributed by atoms with Crippen molar-refractivity contribution < 1.29 is 13.2 Å². The van der Waals surface area contributed by atoms with Crippen molar-refractivity contribution in [1.29, 1.82) is 0 Å². The maximum atomic E-state index is 12.9. The second kappa shape index (κ2) is 5.41. The molecule has 0 atom stereocenters. The van der Waals surface area contributed by atoms with Gasteiger partial charge in [0, 0.05) is 5.39 Å². The van der Waals surface area contributed by atoms with E-state index < -0.39 is 11.7 Å². The molecule has 0 spiro atoms. The highest BCUT2D eigenvalue weighted by molar-refractivity contribution is 5.83. The summed E-state index contributed by atoms with van der Waals surface area (Å²) in [5.74, 6) is 0.211. The molecule has 2 aromatic carbocycles. The van der Waals surface area contributed by atoms with Crippen LogP contribution in [0.5, 0.6) is 0 Å². The molecule has 124 valence electrons. The highest BCUT2D eigenvalue weighted by atomic mass is 19.4. The first-order valence-electron chi connectivity index (χ1n) is 7.39. The van der Waals surface area contributed by atoms with Gasteiger partial charge in [-0.2, -0.15) is 13.2 Å². The standard InChI is InChI=1S/C18H10F3N3O/c19-18(20,21)11-7-5-10-6-8-14(22-15(10)9-11)16-23-13-4-2-1-3-12(13)17(25)24-16/h1-9H,(H,23,24,25). The minimum absolute atomic E-state index is 0.183. The number of nitrogens with one attached hydrogen (secondary N) is 1. The minimum Gasteiger partial charge on any atom is -0.305 e. The van der Waals surface area contributed by atoms with Gasteiger partial charge in [0.1, 0.15) is 5.69 Å². The Hall–Kier alpha value is -3.22. The van der Waals surface area contributed by atoms with Crippen molar-refractivity contribution in [3.8, 4) is 11.5 Å². The zero-order chi connectivity index (χ0) is 17.6. The van der Waals surface area contributed by atoms with Crippen molar-refractivity contribution in [2.24, 2.45) is 0 Å². The predicted molar refractivity (Wildman–Crippen MR) is 88.1 cm³/mol. The Morgan fingerprint density at radius 3 is 2.44 bits per heavy atom. The number of pyridine rings is 1. The van der Waals surface area contributed by atoms with Crippen LogP contribution in [0.25, 0.3) is 33.3 Å². The van der Waals surface area contributed by atoms with Gasteiger partial charge < -0.3 is 4.98 Å². The lowest BCUT2D eigenvalue weighted by Crippen LogP contribution is -2.10. The van der Waals surface area contributed by atoms with E-state index in [1.165, 1.54) is 6.07 Å². The SMILES string of the molecule is O=c1[nH]c(-c2ccc3ccc(C(F)(F)F)cc3n2)nc2ccccc12. The molecule has 0 bridgehead atoms. The summed E-state index contributed by atoms with van der Waals surface area (Å²) in [6.07, 6.45) is -4.44. The molecule has 2 aromatic heterocycles. The zero-order valence-corrected chi connectivity index (χ0v) is 12.6.